The molecule has 2 rings (SSSR count). The molecule has 0 saturated heterocycles. The van der Waals surface area contributed by atoms with Crippen LogP contribution in [0.25, 0.3) is 0 Å². The Morgan fingerprint density at radius 3 is 2.53 bits per heavy atom. The third-order valence-corrected chi connectivity index (χ3v) is 2.62. The Balaban J connectivity index is 2.11. The minimum absolute atomic E-state index is 0.165. The molecule has 2 aromatic rings. The van der Waals surface area contributed by atoms with Crippen molar-refractivity contribution < 1.29 is 0 Å². The van der Waals surface area contributed by atoms with Gasteiger partial charge in [-0.1, -0.05) is 36.4 Å². The van der Waals surface area contributed by atoms with Crippen LogP contribution in [0.5, 0.6) is 0 Å². The summed E-state index contributed by atoms with van der Waals surface area (Å²) >= 11 is 0. The summed E-state index contributed by atoms with van der Waals surface area (Å²) in [5.74, 6) is 0. The highest BCUT2D eigenvalue weighted by Gasteiger charge is 2.00. The Morgan fingerprint density at radius 2 is 1.82 bits per heavy atom. The zero-order chi connectivity index (χ0) is 12.1. The molecule has 2 nitrogen and oxygen atoms in total. The molecular formula is C15H16N2. The van der Waals surface area contributed by atoms with E-state index in [2.05, 4.69) is 29.0 Å². The molecule has 1 aromatic carbocycles. The highest BCUT2D eigenvalue weighted by Crippen LogP contribution is 2.15. The standard InChI is InChI=1S/C15H16N2/c1-12-7-6-10-15(17-12)11-16-13(2)14-8-4-3-5-9-14/h3-11,13H,1-2H3/b16-11+/t13-/m0/s1. The summed E-state index contributed by atoms with van der Waals surface area (Å²) in [7, 11) is 0. The van der Waals surface area contributed by atoms with Crippen LogP contribution in [-0.4, -0.2) is 11.2 Å². The van der Waals surface area contributed by atoms with E-state index in [0.29, 0.717) is 0 Å². The van der Waals surface area contributed by atoms with E-state index in [1.54, 1.807) is 0 Å². The predicted octanol–water partition coefficient (Wildman–Crippen LogP) is 3.57. The zero-order valence-electron chi connectivity index (χ0n) is 10.2. The number of nitrogens with zero attached hydrogens (tertiary/aromatic N) is 2. The van der Waals surface area contributed by atoms with Gasteiger partial charge in [-0.05, 0) is 31.5 Å². The van der Waals surface area contributed by atoms with E-state index in [-0.39, 0.29) is 6.04 Å². The van der Waals surface area contributed by atoms with Gasteiger partial charge in [0.15, 0.2) is 0 Å². The monoisotopic (exact) mass is 224 g/mol. The van der Waals surface area contributed by atoms with Gasteiger partial charge in [0.1, 0.15) is 0 Å². The van der Waals surface area contributed by atoms with E-state index in [1.807, 2.05) is 49.5 Å². The second-order valence-corrected chi connectivity index (χ2v) is 4.07. The normalized spacial score (nSPS) is 12.8. The Morgan fingerprint density at radius 1 is 1.06 bits per heavy atom. The zero-order valence-corrected chi connectivity index (χ0v) is 10.2. The SMILES string of the molecule is Cc1cccc(/C=N/[C@@H](C)c2ccccc2)n1. The summed E-state index contributed by atoms with van der Waals surface area (Å²) in [4.78, 5) is 8.91. The van der Waals surface area contributed by atoms with Gasteiger partial charge in [-0.2, -0.15) is 0 Å². The Kier molecular flexibility index (Phi) is 3.66. The smallest absolute Gasteiger partial charge is 0.0811 e. The van der Waals surface area contributed by atoms with Gasteiger partial charge >= 0.3 is 0 Å². The van der Waals surface area contributed by atoms with E-state index in [9.17, 15) is 0 Å². The second-order valence-electron chi connectivity index (χ2n) is 4.07. The van der Waals surface area contributed by atoms with Gasteiger partial charge in [-0.15, -0.1) is 0 Å². The van der Waals surface area contributed by atoms with Crippen LogP contribution in [0.1, 0.15) is 29.9 Å². The summed E-state index contributed by atoms with van der Waals surface area (Å²) in [6.45, 7) is 4.07. The quantitative estimate of drug-likeness (QED) is 0.732. The Hall–Kier alpha value is -1.96. The highest BCUT2D eigenvalue weighted by molar-refractivity contribution is 5.77. The molecule has 0 amide bonds. The van der Waals surface area contributed by atoms with Crippen molar-refractivity contribution in [2.45, 2.75) is 19.9 Å². The highest BCUT2D eigenvalue weighted by atomic mass is 14.8. The van der Waals surface area contributed by atoms with Gasteiger partial charge < -0.3 is 0 Å². The molecule has 0 radical (unpaired) electrons. The minimum Gasteiger partial charge on any atom is -0.283 e. The molecular weight excluding hydrogens is 208 g/mol. The van der Waals surface area contributed by atoms with Crippen molar-refractivity contribution in [2.24, 2.45) is 4.99 Å². The van der Waals surface area contributed by atoms with Gasteiger partial charge in [0.2, 0.25) is 0 Å². The first kappa shape index (κ1) is 11.5. The van der Waals surface area contributed by atoms with Crippen LogP contribution >= 0.6 is 0 Å². The minimum atomic E-state index is 0.165. The van der Waals surface area contributed by atoms with Crippen molar-refractivity contribution >= 4 is 6.21 Å². The summed E-state index contributed by atoms with van der Waals surface area (Å²) in [6.07, 6.45) is 1.84. The first-order valence-corrected chi connectivity index (χ1v) is 5.77. The van der Waals surface area contributed by atoms with Crippen molar-refractivity contribution in [2.75, 3.05) is 0 Å². The van der Waals surface area contributed by atoms with Crippen LogP contribution < -0.4 is 0 Å². The van der Waals surface area contributed by atoms with Crippen molar-refractivity contribution in [3.8, 4) is 0 Å². The average molecular weight is 224 g/mol. The molecule has 1 atom stereocenters. The number of aryl methyl sites for hydroxylation is 1. The van der Waals surface area contributed by atoms with Crippen molar-refractivity contribution in [1.29, 1.82) is 0 Å². The number of benzene rings is 1. The van der Waals surface area contributed by atoms with Crippen LogP contribution in [0.15, 0.2) is 53.5 Å². The molecule has 0 fully saturated rings. The summed E-state index contributed by atoms with van der Waals surface area (Å²) in [5.41, 5.74) is 3.14. The molecule has 0 aliphatic carbocycles. The molecule has 0 aliphatic heterocycles. The van der Waals surface area contributed by atoms with E-state index < -0.39 is 0 Å². The lowest BCUT2D eigenvalue weighted by Crippen LogP contribution is -1.93. The molecule has 0 unspecified atom stereocenters. The number of hydrogen-bond acceptors (Lipinski definition) is 2. The van der Waals surface area contributed by atoms with Gasteiger partial charge in [-0.3, -0.25) is 9.98 Å². The third kappa shape index (κ3) is 3.25. The van der Waals surface area contributed by atoms with Crippen LogP contribution in [0.4, 0.5) is 0 Å². The summed E-state index contributed by atoms with van der Waals surface area (Å²) in [5, 5.41) is 0. The number of pyridine rings is 1. The molecule has 0 aliphatic rings. The summed E-state index contributed by atoms with van der Waals surface area (Å²) < 4.78 is 0. The number of aromatic nitrogens is 1. The molecule has 0 N–H and O–H groups in total. The molecule has 2 heteroatoms. The number of aliphatic imine (C=N–C) groups is 1. The molecule has 0 bridgehead atoms. The maximum atomic E-state index is 4.52. The average Bonchev–Trinajstić information content (AvgIpc) is 2.37. The lowest BCUT2D eigenvalue weighted by molar-refractivity contribution is 0.824. The first-order chi connectivity index (χ1) is 8.25. The second kappa shape index (κ2) is 5.39. The van der Waals surface area contributed by atoms with Crippen molar-refractivity contribution in [1.82, 2.24) is 4.98 Å². The van der Waals surface area contributed by atoms with E-state index in [1.165, 1.54) is 5.56 Å². The lowest BCUT2D eigenvalue weighted by atomic mass is 10.1. The van der Waals surface area contributed by atoms with Crippen LogP contribution in [-0.2, 0) is 0 Å². The lowest BCUT2D eigenvalue weighted by Gasteiger charge is -2.05. The topological polar surface area (TPSA) is 25.2 Å². The van der Waals surface area contributed by atoms with E-state index >= 15 is 0 Å². The van der Waals surface area contributed by atoms with Gasteiger partial charge in [0, 0.05) is 11.9 Å². The predicted molar refractivity (Wildman–Crippen MR) is 71.4 cm³/mol. The largest absolute Gasteiger partial charge is 0.283 e. The fraction of sp³-hybridized carbons (Fsp3) is 0.200. The van der Waals surface area contributed by atoms with Crippen LogP contribution in [0.2, 0.25) is 0 Å². The van der Waals surface area contributed by atoms with E-state index in [0.717, 1.165) is 11.4 Å². The number of hydrogen-bond donors (Lipinski definition) is 0. The van der Waals surface area contributed by atoms with Gasteiger partial charge in [-0.25, -0.2) is 0 Å². The molecule has 17 heavy (non-hydrogen) atoms. The summed E-state index contributed by atoms with van der Waals surface area (Å²) in [6, 6.07) is 16.4. The Labute approximate surface area is 102 Å². The number of rotatable bonds is 3. The fourth-order valence-corrected chi connectivity index (χ4v) is 1.64. The first-order valence-electron chi connectivity index (χ1n) is 5.77. The molecule has 1 heterocycles. The van der Waals surface area contributed by atoms with Crippen LogP contribution in [0.3, 0.4) is 0 Å². The van der Waals surface area contributed by atoms with E-state index in [4.69, 9.17) is 0 Å². The fourth-order valence-electron chi connectivity index (χ4n) is 1.64. The maximum Gasteiger partial charge on any atom is 0.0811 e. The van der Waals surface area contributed by atoms with Crippen molar-refractivity contribution in [3.05, 3.63) is 65.5 Å². The Bertz CT molecular complexity index is 503. The molecule has 86 valence electrons. The molecule has 0 spiro atoms. The van der Waals surface area contributed by atoms with Crippen LogP contribution in [0, 0.1) is 6.92 Å². The molecule has 0 saturated carbocycles. The van der Waals surface area contributed by atoms with Gasteiger partial charge in [0.25, 0.3) is 0 Å². The molecule has 1 aromatic heterocycles. The third-order valence-electron chi connectivity index (χ3n) is 2.62. The van der Waals surface area contributed by atoms with Gasteiger partial charge in [0.05, 0.1) is 11.7 Å². The maximum absolute atomic E-state index is 4.52. The van der Waals surface area contributed by atoms with Crippen molar-refractivity contribution in [3.63, 3.8) is 0 Å².